The Morgan fingerprint density at radius 2 is 0.559 bits per heavy atom. The molecular weight excluding hydrogens is 1140 g/mol. The molecule has 0 aromatic heterocycles. The first-order valence-corrected chi connectivity index (χ1v) is 31.4. The molecule has 0 heterocycles. The van der Waals surface area contributed by atoms with Crippen LogP contribution in [0.5, 0.6) is 0 Å². The molecule has 14 rings (SSSR count). The summed E-state index contributed by atoms with van der Waals surface area (Å²) in [6.07, 6.45) is 2.86. The Morgan fingerprint density at radius 3 is 0.882 bits per heavy atom. The molecular formula is C87H69NO5. The number of fused-ring (bicyclic) bond motifs is 2. The molecule has 0 fully saturated rings. The van der Waals surface area contributed by atoms with E-state index in [0.717, 1.165) is 45.1 Å². The molecule has 0 radical (unpaired) electrons. The minimum absolute atomic E-state index is 0.0632. The van der Waals surface area contributed by atoms with Gasteiger partial charge in [-0.1, -0.05) is 327 Å². The van der Waals surface area contributed by atoms with E-state index in [9.17, 15) is 24.3 Å². The van der Waals surface area contributed by atoms with Gasteiger partial charge in [0.2, 0.25) is 11.6 Å². The number of hydrogen-bond acceptors (Lipinski definition) is 6. The van der Waals surface area contributed by atoms with E-state index in [-0.39, 0.29) is 46.6 Å². The largest absolute Gasteiger partial charge is 0.507 e. The van der Waals surface area contributed by atoms with Gasteiger partial charge in [0.15, 0.2) is 11.6 Å². The van der Waals surface area contributed by atoms with Gasteiger partial charge < -0.3 is 10.8 Å². The third-order valence-electron chi connectivity index (χ3n) is 17.5. The highest BCUT2D eigenvalue weighted by Crippen LogP contribution is 2.45. The summed E-state index contributed by atoms with van der Waals surface area (Å²) >= 11 is 0. The summed E-state index contributed by atoms with van der Waals surface area (Å²) in [5.41, 5.74) is 27.8. The van der Waals surface area contributed by atoms with E-state index < -0.39 is 11.6 Å². The van der Waals surface area contributed by atoms with Crippen LogP contribution in [-0.4, -0.2) is 28.2 Å². The van der Waals surface area contributed by atoms with Crippen molar-refractivity contribution in [3.8, 4) is 0 Å². The van der Waals surface area contributed by atoms with E-state index in [2.05, 4.69) is 257 Å². The van der Waals surface area contributed by atoms with Gasteiger partial charge in [0.1, 0.15) is 5.76 Å². The number of benzene rings is 12. The van der Waals surface area contributed by atoms with Crippen LogP contribution in [0.25, 0.3) is 5.76 Å². The summed E-state index contributed by atoms with van der Waals surface area (Å²) in [4.78, 5) is 49.7. The first-order chi connectivity index (χ1) is 45.5. The zero-order valence-corrected chi connectivity index (χ0v) is 51.9. The maximum atomic E-state index is 14.1. The zero-order chi connectivity index (χ0) is 64.2. The number of rotatable bonds is 14. The molecule has 0 saturated carbocycles. The van der Waals surface area contributed by atoms with Crippen LogP contribution >= 0.6 is 0 Å². The number of aliphatic hydroxyl groups excluding tert-OH is 1. The van der Waals surface area contributed by atoms with E-state index in [1.807, 2.05) is 36.4 Å². The number of nitrogen functional groups attached to an aromatic ring is 1. The van der Waals surface area contributed by atoms with Gasteiger partial charge in [0, 0.05) is 69.7 Å². The number of anilines is 1. The van der Waals surface area contributed by atoms with Crippen molar-refractivity contribution in [2.24, 2.45) is 0 Å². The number of carbonyl (C=O) groups is 4. The van der Waals surface area contributed by atoms with Crippen molar-refractivity contribution < 1.29 is 24.3 Å². The van der Waals surface area contributed by atoms with Crippen LogP contribution in [0.4, 0.5) is 5.69 Å². The van der Waals surface area contributed by atoms with E-state index in [1.165, 1.54) is 56.1 Å². The Hall–Kier alpha value is -11.6. The third-order valence-corrected chi connectivity index (χ3v) is 17.5. The molecule has 0 spiro atoms. The van der Waals surface area contributed by atoms with Crippen molar-refractivity contribution in [1.82, 2.24) is 0 Å². The predicted molar refractivity (Wildman–Crippen MR) is 375 cm³/mol. The summed E-state index contributed by atoms with van der Waals surface area (Å²) < 4.78 is 0. The normalized spacial score (nSPS) is 12.5. The summed E-state index contributed by atoms with van der Waals surface area (Å²) in [5, 5.41) is 9.34. The molecule has 12 aromatic rings. The average Bonchev–Trinajstić information content (AvgIpc) is 0.829. The minimum Gasteiger partial charge on any atom is -0.507 e. The van der Waals surface area contributed by atoms with Crippen LogP contribution in [0, 0.1) is 13.8 Å². The van der Waals surface area contributed by atoms with Gasteiger partial charge in [-0.2, -0.15) is 0 Å². The van der Waals surface area contributed by atoms with Gasteiger partial charge in [-0.25, -0.2) is 0 Å². The van der Waals surface area contributed by atoms with Crippen LogP contribution in [0.2, 0.25) is 0 Å². The molecule has 3 N–H and O–H groups in total. The zero-order valence-electron chi connectivity index (χ0n) is 51.9. The SMILES string of the molecule is Cc1cc(C(c2ccccc2)c2ccccc2)c(CC2=CC(=O)c3ccccc3C2=O)c(C(c2ccccc2)c2ccccc2)c1.Cc1cc(C(c2ccccc2)c2ccccc2)c(N)c(C(c2ccccc2)c2ccccc2)c1.O=C1C=C(O)c2ccccc2C1=O. The average molecular weight is 1210 g/mol. The smallest absolute Gasteiger partial charge is 0.233 e. The monoisotopic (exact) mass is 1210 g/mol. The first-order valence-electron chi connectivity index (χ1n) is 31.4. The number of carbonyl (C=O) groups excluding carboxylic acids is 4. The molecule has 2 aliphatic rings. The quantitative estimate of drug-likeness (QED) is 0.0637. The van der Waals surface area contributed by atoms with E-state index in [1.54, 1.807) is 36.4 Å². The lowest BCUT2D eigenvalue weighted by atomic mass is 9.74. The number of allylic oxidation sites excluding steroid dienone is 3. The highest BCUT2D eigenvalue weighted by Gasteiger charge is 2.32. The molecule has 0 aliphatic heterocycles. The Balaban J connectivity index is 0.000000154. The van der Waals surface area contributed by atoms with Crippen LogP contribution in [0.1, 0.15) is 144 Å². The van der Waals surface area contributed by atoms with Crippen molar-refractivity contribution in [2.45, 2.75) is 43.9 Å². The minimum atomic E-state index is -0.670. The maximum Gasteiger partial charge on any atom is 0.233 e. The lowest BCUT2D eigenvalue weighted by molar-refractivity contribution is -0.111. The lowest BCUT2D eigenvalue weighted by Crippen LogP contribution is -2.20. The molecule has 12 aromatic carbocycles. The fraction of sp³-hybridized carbons (Fsp3) is 0.0805. The second-order valence-electron chi connectivity index (χ2n) is 23.7. The summed E-state index contributed by atoms with van der Waals surface area (Å²) in [6.45, 7) is 4.33. The van der Waals surface area contributed by atoms with Crippen LogP contribution in [0.3, 0.4) is 0 Å². The Kier molecular flexibility index (Phi) is 18.9. The Bertz CT molecular complexity index is 4320. The summed E-state index contributed by atoms with van der Waals surface area (Å²) in [7, 11) is 0. The molecule has 0 bridgehead atoms. The van der Waals surface area contributed by atoms with Gasteiger partial charge in [0.05, 0.1) is 0 Å². The van der Waals surface area contributed by atoms with Crippen molar-refractivity contribution in [2.75, 3.05) is 5.73 Å². The standard InChI is InChI=1S/C44H34O2.C33H29N.C10H6O3/c1-30-26-39(42(31-16-6-2-7-17-31)32-18-8-3-9-19-32)38(28-35-29-41(45)36-24-14-15-25-37(36)44(35)46)40(27-30)43(33-20-10-4-11-21-33)34-22-12-5-13-23-34;1-24-22-29(31(25-14-6-2-7-15-25)26-16-8-3-9-17-26)33(34)30(23-24)32(27-18-10-4-11-19-27)28-20-12-5-13-21-28;11-8-5-9(12)10(13)7-4-2-1-3-6(7)8/h2-27,29,42-43H,28H2,1H3;2-23,31-32H,34H2,1H3;1-5,11H. The Labute approximate surface area is 544 Å². The lowest BCUT2D eigenvalue weighted by Gasteiger charge is -2.29. The van der Waals surface area contributed by atoms with Gasteiger partial charge >= 0.3 is 0 Å². The highest BCUT2D eigenvalue weighted by molar-refractivity contribution is 6.50. The topological polar surface area (TPSA) is 115 Å². The summed E-state index contributed by atoms with van der Waals surface area (Å²) in [5.74, 6) is -1.60. The van der Waals surface area contributed by atoms with Crippen LogP contribution in [0.15, 0.2) is 333 Å². The predicted octanol–water partition coefficient (Wildman–Crippen LogP) is 19.2. The number of nitrogens with two attached hydrogens (primary N) is 1. The van der Waals surface area contributed by atoms with Gasteiger partial charge in [0.25, 0.3) is 0 Å². The fourth-order valence-corrected chi connectivity index (χ4v) is 13.3. The van der Waals surface area contributed by atoms with E-state index in [0.29, 0.717) is 28.7 Å². The van der Waals surface area contributed by atoms with Crippen LogP contribution < -0.4 is 5.73 Å². The summed E-state index contributed by atoms with van der Waals surface area (Å²) in [6, 6.07) is 108. The number of aliphatic hydroxyl groups is 1. The van der Waals surface area contributed by atoms with Crippen molar-refractivity contribution >= 4 is 34.6 Å². The van der Waals surface area contributed by atoms with Crippen molar-refractivity contribution in [3.63, 3.8) is 0 Å². The Morgan fingerprint density at radius 1 is 0.301 bits per heavy atom. The van der Waals surface area contributed by atoms with Gasteiger partial charge in [-0.3, -0.25) is 19.2 Å². The first kappa shape index (κ1) is 61.6. The van der Waals surface area contributed by atoms with Crippen molar-refractivity contribution in [3.05, 3.63) is 439 Å². The number of hydrogen-bond donors (Lipinski definition) is 2. The fourth-order valence-electron chi connectivity index (χ4n) is 13.3. The molecule has 2 aliphatic carbocycles. The maximum absolute atomic E-state index is 14.1. The van der Waals surface area contributed by atoms with E-state index in [4.69, 9.17) is 5.73 Å². The molecule has 6 heteroatoms. The number of ketones is 4. The molecule has 452 valence electrons. The molecule has 6 nitrogen and oxygen atoms in total. The second-order valence-corrected chi connectivity index (χ2v) is 23.7. The molecule has 0 atom stereocenters. The van der Waals surface area contributed by atoms with Crippen molar-refractivity contribution in [1.29, 1.82) is 0 Å². The molecule has 0 unspecified atom stereocenters. The third kappa shape index (κ3) is 13.6. The van der Waals surface area contributed by atoms with Crippen LogP contribution in [-0.2, 0) is 11.2 Å². The highest BCUT2D eigenvalue weighted by atomic mass is 16.3. The van der Waals surface area contributed by atoms with E-state index >= 15 is 0 Å². The second kappa shape index (κ2) is 28.5. The van der Waals surface area contributed by atoms with Gasteiger partial charge in [-0.05, 0) is 92.2 Å². The number of aryl methyl sites for hydroxylation is 2. The molecule has 0 amide bonds. The number of Topliss-reactive ketones (excluding diaryl/α,β-unsaturated/α-hetero) is 2. The molecule has 0 saturated heterocycles. The molecule has 93 heavy (non-hydrogen) atoms. The van der Waals surface area contributed by atoms with Gasteiger partial charge in [-0.15, -0.1) is 0 Å².